The minimum Gasteiger partial charge on any atom is -0.444 e. The number of imide groups is 1. The van der Waals surface area contributed by atoms with E-state index in [9.17, 15) is 9.59 Å². The van der Waals surface area contributed by atoms with Crippen LogP contribution in [0.3, 0.4) is 0 Å². The molecular formula is C23H26ClN3O4S. The molecule has 3 atom stereocenters. The molecule has 2 aromatic rings. The molecular weight excluding hydrogens is 450 g/mol. The number of nitrogens with two attached hydrogens (primary N) is 1. The molecule has 3 rings (SSSR count). The Balaban J connectivity index is 1.71. The first-order valence-corrected chi connectivity index (χ1v) is 11.2. The van der Waals surface area contributed by atoms with Gasteiger partial charge in [-0.05, 0) is 36.1 Å². The Morgan fingerprint density at radius 3 is 2.50 bits per heavy atom. The van der Waals surface area contributed by atoms with Crippen molar-refractivity contribution in [1.29, 1.82) is 0 Å². The van der Waals surface area contributed by atoms with Crippen LogP contribution in [0.4, 0.5) is 4.79 Å². The molecule has 0 saturated heterocycles. The molecule has 0 aromatic heterocycles. The van der Waals surface area contributed by atoms with E-state index in [0.29, 0.717) is 11.4 Å². The second-order valence-electron chi connectivity index (χ2n) is 7.45. The van der Waals surface area contributed by atoms with E-state index < -0.39 is 24.1 Å². The van der Waals surface area contributed by atoms with Crippen molar-refractivity contribution in [2.45, 2.75) is 43.8 Å². The number of benzene rings is 2. The van der Waals surface area contributed by atoms with Gasteiger partial charge in [0.2, 0.25) is 5.91 Å². The van der Waals surface area contributed by atoms with Gasteiger partial charge in [0, 0.05) is 5.02 Å². The van der Waals surface area contributed by atoms with Gasteiger partial charge in [0.1, 0.15) is 6.61 Å². The minimum atomic E-state index is -0.952. The first-order chi connectivity index (χ1) is 15.4. The second kappa shape index (κ2) is 11.4. The summed E-state index contributed by atoms with van der Waals surface area (Å²) in [5, 5.41) is 4.27. The van der Waals surface area contributed by atoms with Crippen LogP contribution in [0.5, 0.6) is 0 Å². The molecule has 1 aliphatic rings. The van der Waals surface area contributed by atoms with Crippen LogP contribution in [-0.4, -0.2) is 46.6 Å². The molecule has 2 aromatic carbocycles. The van der Waals surface area contributed by atoms with E-state index in [2.05, 4.69) is 17.8 Å². The van der Waals surface area contributed by atoms with Crippen molar-refractivity contribution in [2.75, 3.05) is 6.54 Å². The average Bonchev–Trinajstić information content (AvgIpc) is 3.16. The summed E-state index contributed by atoms with van der Waals surface area (Å²) in [6, 6.07) is 15.3. The summed E-state index contributed by atoms with van der Waals surface area (Å²) in [6.07, 6.45) is -0.471. The first-order valence-electron chi connectivity index (χ1n) is 10.3. The van der Waals surface area contributed by atoms with Crippen LogP contribution in [-0.2, 0) is 27.4 Å². The van der Waals surface area contributed by atoms with Gasteiger partial charge < -0.3 is 15.3 Å². The number of halogens is 1. The van der Waals surface area contributed by atoms with Crippen LogP contribution >= 0.6 is 24.2 Å². The number of ether oxygens (including phenoxy) is 1. The van der Waals surface area contributed by atoms with Crippen molar-refractivity contribution in [3.8, 4) is 0 Å². The van der Waals surface area contributed by atoms with E-state index in [4.69, 9.17) is 26.9 Å². The van der Waals surface area contributed by atoms with Gasteiger partial charge in [-0.25, -0.2) is 9.69 Å². The lowest BCUT2D eigenvalue weighted by Crippen LogP contribution is -2.51. The summed E-state index contributed by atoms with van der Waals surface area (Å²) in [7, 11) is 0. The molecule has 0 aliphatic carbocycles. The largest absolute Gasteiger partial charge is 0.444 e. The standard InChI is InChI=1S/C23H26ClN3O4S/c1-2-19-21(32)20(31-26-19)13-27(23(29)30-14-16-6-4-3-5-7-16)22(28)18(25)12-15-8-10-17(24)11-9-15/h3-11,18,20-21,32H,2,12-14,25H2,1H3/t18-,20?,21?/m1/s1. The van der Waals surface area contributed by atoms with Crippen molar-refractivity contribution in [3.63, 3.8) is 0 Å². The Morgan fingerprint density at radius 1 is 1.19 bits per heavy atom. The Morgan fingerprint density at radius 2 is 1.88 bits per heavy atom. The van der Waals surface area contributed by atoms with Gasteiger partial charge >= 0.3 is 6.09 Å². The van der Waals surface area contributed by atoms with Crippen LogP contribution in [0.1, 0.15) is 24.5 Å². The molecule has 9 heteroatoms. The smallest absolute Gasteiger partial charge is 0.417 e. The van der Waals surface area contributed by atoms with Gasteiger partial charge in [0.25, 0.3) is 0 Å². The molecule has 1 heterocycles. The van der Waals surface area contributed by atoms with E-state index in [1.165, 1.54) is 0 Å². The minimum absolute atomic E-state index is 0.0302. The fourth-order valence-corrected chi connectivity index (χ4v) is 3.77. The number of carbonyl (C=O) groups excluding carboxylic acids is 2. The van der Waals surface area contributed by atoms with Crippen molar-refractivity contribution in [1.82, 2.24) is 4.90 Å². The summed E-state index contributed by atoms with van der Waals surface area (Å²) in [5.41, 5.74) is 8.57. The molecule has 7 nitrogen and oxygen atoms in total. The van der Waals surface area contributed by atoms with E-state index in [1.807, 2.05) is 37.3 Å². The monoisotopic (exact) mass is 475 g/mol. The molecule has 170 valence electrons. The normalized spacial score (nSPS) is 18.4. The van der Waals surface area contributed by atoms with Gasteiger partial charge in [0.05, 0.1) is 23.5 Å². The molecule has 2 N–H and O–H groups in total. The number of rotatable bonds is 8. The van der Waals surface area contributed by atoms with Crippen molar-refractivity contribution >= 4 is 41.9 Å². The third-order valence-electron chi connectivity index (χ3n) is 5.10. The highest BCUT2D eigenvalue weighted by Gasteiger charge is 2.37. The van der Waals surface area contributed by atoms with Crippen LogP contribution in [0.15, 0.2) is 59.8 Å². The molecule has 1 aliphatic heterocycles. The zero-order valence-electron chi connectivity index (χ0n) is 17.7. The van der Waals surface area contributed by atoms with E-state index >= 15 is 0 Å². The topological polar surface area (TPSA) is 94.2 Å². The maximum absolute atomic E-state index is 13.2. The lowest BCUT2D eigenvalue weighted by molar-refractivity contribution is -0.132. The molecule has 0 fully saturated rings. The van der Waals surface area contributed by atoms with E-state index in [1.54, 1.807) is 24.3 Å². The summed E-state index contributed by atoms with van der Waals surface area (Å²) >= 11 is 10.5. The van der Waals surface area contributed by atoms with Crippen molar-refractivity contribution < 1.29 is 19.2 Å². The maximum Gasteiger partial charge on any atom is 0.417 e. The number of hydrogen-bond donors (Lipinski definition) is 2. The predicted octanol–water partition coefficient (Wildman–Crippen LogP) is 3.84. The number of oxime groups is 1. The second-order valence-corrected chi connectivity index (χ2v) is 8.44. The lowest BCUT2D eigenvalue weighted by Gasteiger charge is -2.26. The highest BCUT2D eigenvalue weighted by Crippen LogP contribution is 2.21. The number of amides is 2. The molecule has 0 saturated carbocycles. The molecule has 0 bridgehead atoms. The molecule has 0 spiro atoms. The fraction of sp³-hybridized carbons (Fsp3) is 0.348. The Hall–Kier alpha value is -2.55. The SMILES string of the molecule is CCC1=NOC(CN(C(=O)OCc2ccccc2)C(=O)[C@H](N)Cc2ccc(Cl)cc2)C1S. The Kier molecular flexibility index (Phi) is 8.55. The lowest BCUT2D eigenvalue weighted by atomic mass is 10.0. The van der Waals surface area contributed by atoms with Gasteiger partial charge in [-0.2, -0.15) is 12.6 Å². The van der Waals surface area contributed by atoms with E-state index in [0.717, 1.165) is 21.7 Å². The quantitative estimate of drug-likeness (QED) is 0.566. The van der Waals surface area contributed by atoms with Crippen LogP contribution in [0.25, 0.3) is 0 Å². The van der Waals surface area contributed by atoms with Crippen LogP contribution < -0.4 is 5.73 Å². The van der Waals surface area contributed by atoms with Gasteiger partial charge in [-0.15, -0.1) is 0 Å². The summed E-state index contributed by atoms with van der Waals surface area (Å²) < 4.78 is 5.40. The highest BCUT2D eigenvalue weighted by molar-refractivity contribution is 7.82. The number of carbonyl (C=O) groups is 2. The third kappa shape index (κ3) is 6.25. The average molecular weight is 476 g/mol. The zero-order valence-corrected chi connectivity index (χ0v) is 19.3. The molecule has 2 unspecified atom stereocenters. The van der Waals surface area contributed by atoms with Gasteiger partial charge in [-0.3, -0.25) is 4.79 Å². The highest BCUT2D eigenvalue weighted by atomic mass is 35.5. The molecule has 0 radical (unpaired) electrons. The predicted molar refractivity (Wildman–Crippen MR) is 127 cm³/mol. The molecule has 2 amide bonds. The molecule has 32 heavy (non-hydrogen) atoms. The van der Waals surface area contributed by atoms with Gasteiger partial charge in [-0.1, -0.05) is 66.1 Å². The third-order valence-corrected chi connectivity index (χ3v) is 5.98. The summed E-state index contributed by atoms with van der Waals surface area (Å²) in [4.78, 5) is 32.5. The summed E-state index contributed by atoms with van der Waals surface area (Å²) in [6.45, 7) is 1.90. The number of thiol groups is 1. The maximum atomic E-state index is 13.2. The first kappa shape index (κ1) is 24.1. The Labute approximate surface area is 197 Å². The van der Waals surface area contributed by atoms with Crippen LogP contribution in [0, 0.1) is 0 Å². The summed E-state index contributed by atoms with van der Waals surface area (Å²) in [5.74, 6) is -0.563. The fourth-order valence-electron chi connectivity index (χ4n) is 3.26. The Bertz CT molecular complexity index is 955. The van der Waals surface area contributed by atoms with Crippen LogP contribution in [0.2, 0.25) is 5.02 Å². The number of nitrogens with zero attached hydrogens (tertiary/aromatic N) is 2. The zero-order chi connectivity index (χ0) is 23.1. The number of hydrogen-bond acceptors (Lipinski definition) is 7. The van der Waals surface area contributed by atoms with Crippen molar-refractivity contribution in [2.24, 2.45) is 10.9 Å². The van der Waals surface area contributed by atoms with E-state index in [-0.39, 0.29) is 24.8 Å². The van der Waals surface area contributed by atoms with Crippen molar-refractivity contribution in [3.05, 3.63) is 70.7 Å². The van der Waals surface area contributed by atoms with Gasteiger partial charge in [0.15, 0.2) is 6.10 Å².